The van der Waals surface area contributed by atoms with Crippen LogP contribution in [0.4, 0.5) is 0 Å². The van der Waals surface area contributed by atoms with Gasteiger partial charge in [-0.1, -0.05) is 19.4 Å². The van der Waals surface area contributed by atoms with Crippen molar-refractivity contribution in [3.8, 4) is 0 Å². The minimum atomic E-state index is -3.88. The summed E-state index contributed by atoms with van der Waals surface area (Å²) in [6.45, 7) is 2.07. The van der Waals surface area contributed by atoms with E-state index in [0.29, 0.717) is 6.42 Å². The molecular weight excluding hydrogens is 214 g/mol. The van der Waals surface area contributed by atoms with Gasteiger partial charge < -0.3 is 0 Å². The summed E-state index contributed by atoms with van der Waals surface area (Å²) in [5, 5.41) is 0. The van der Waals surface area contributed by atoms with Crippen LogP contribution < -0.4 is 0 Å². The second kappa shape index (κ2) is 5.23. The molecule has 0 radical (unpaired) electrons. The third-order valence-corrected chi connectivity index (χ3v) is 2.76. The fourth-order valence-electron chi connectivity index (χ4n) is 1.35. The molecule has 0 saturated carbocycles. The maximum absolute atomic E-state index is 10.6. The molecule has 0 aromatic carbocycles. The molecule has 0 fully saturated rings. The highest BCUT2D eigenvalue weighted by Gasteiger charge is 2.05. The second-order valence-corrected chi connectivity index (χ2v) is 5.06. The van der Waals surface area contributed by atoms with E-state index in [2.05, 4.69) is 11.9 Å². The smallest absolute Gasteiger partial charge is 0.265 e. The lowest BCUT2D eigenvalue weighted by atomic mass is 10.1. The van der Waals surface area contributed by atoms with E-state index >= 15 is 0 Å². The molecule has 1 aromatic heterocycles. The summed E-state index contributed by atoms with van der Waals surface area (Å²) >= 11 is 0. The van der Waals surface area contributed by atoms with Crippen LogP contribution in [-0.2, 0) is 23.0 Å². The molecule has 1 aromatic rings. The monoisotopic (exact) mass is 229 g/mol. The number of hydrogen-bond acceptors (Lipinski definition) is 3. The molecule has 0 aliphatic heterocycles. The topological polar surface area (TPSA) is 67.3 Å². The van der Waals surface area contributed by atoms with Crippen molar-refractivity contribution in [2.45, 2.75) is 26.2 Å². The minimum Gasteiger partial charge on any atom is -0.286 e. The van der Waals surface area contributed by atoms with E-state index in [0.717, 1.165) is 24.0 Å². The first-order valence-corrected chi connectivity index (χ1v) is 6.50. The molecule has 0 atom stereocenters. The average Bonchev–Trinajstić information content (AvgIpc) is 2.15. The Kier molecular flexibility index (Phi) is 4.23. The van der Waals surface area contributed by atoms with Gasteiger partial charge in [-0.2, -0.15) is 8.42 Å². The van der Waals surface area contributed by atoms with Crippen LogP contribution >= 0.6 is 0 Å². The fraction of sp³-hybridized carbons (Fsp3) is 0.500. The van der Waals surface area contributed by atoms with Gasteiger partial charge in [-0.15, -0.1) is 0 Å². The molecule has 0 aliphatic rings. The summed E-state index contributed by atoms with van der Waals surface area (Å²) in [4.78, 5) is 4.03. The van der Waals surface area contributed by atoms with Gasteiger partial charge in [0.1, 0.15) is 0 Å². The van der Waals surface area contributed by atoms with Crippen molar-refractivity contribution in [2.75, 3.05) is 5.75 Å². The third-order valence-electron chi connectivity index (χ3n) is 2.04. The molecule has 0 aliphatic carbocycles. The SMILES string of the molecule is CCCc1cncc(CCS(=O)(=O)O)c1. The van der Waals surface area contributed by atoms with Crippen molar-refractivity contribution in [1.82, 2.24) is 4.98 Å². The predicted octanol–water partition coefficient (Wildman–Crippen LogP) is 1.46. The summed E-state index contributed by atoms with van der Waals surface area (Å²) in [6, 6.07) is 1.93. The molecule has 5 heteroatoms. The van der Waals surface area contributed by atoms with Crippen molar-refractivity contribution in [3.05, 3.63) is 29.6 Å². The second-order valence-electron chi connectivity index (χ2n) is 3.49. The highest BCUT2D eigenvalue weighted by Crippen LogP contribution is 2.06. The minimum absolute atomic E-state index is 0.246. The van der Waals surface area contributed by atoms with E-state index in [1.807, 2.05) is 6.07 Å². The first kappa shape index (κ1) is 12.1. The van der Waals surface area contributed by atoms with Crippen LogP contribution in [-0.4, -0.2) is 23.7 Å². The van der Waals surface area contributed by atoms with Gasteiger partial charge in [0.15, 0.2) is 0 Å². The van der Waals surface area contributed by atoms with Gasteiger partial charge in [0, 0.05) is 12.4 Å². The average molecular weight is 229 g/mol. The summed E-state index contributed by atoms with van der Waals surface area (Å²) in [5.74, 6) is -0.246. The van der Waals surface area contributed by atoms with Gasteiger partial charge in [-0.3, -0.25) is 9.54 Å². The Hall–Kier alpha value is -0.940. The number of aromatic nitrogens is 1. The van der Waals surface area contributed by atoms with Crippen LogP contribution in [0.15, 0.2) is 18.5 Å². The molecule has 84 valence electrons. The van der Waals surface area contributed by atoms with Crippen molar-refractivity contribution in [3.63, 3.8) is 0 Å². The van der Waals surface area contributed by atoms with Crippen molar-refractivity contribution < 1.29 is 13.0 Å². The first-order chi connectivity index (χ1) is 7.01. The standard InChI is InChI=1S/C10H15NO3S/c1-2-3-9-6-10(8-11-7-9)4-5-15(12,13)14/h6-8H,2-5H2,1H3,(H,12,13,14). The Balaban J connectivity index is 2.65. The molecule has 1 N–H and O–H groups in total. The molecule has 4 nitrogen and oxygen atoms in total. The zero-order valence-corrected chi connectivity index (χ0v) is 9.50. The van der Waals surface area contributed by atoms with Gasteiger partial charge in [0.05, 0.1) is 5.75 Å². The van der Waals surface area contributed by atoms with Gasteiger partial charge in [0.2, 0.25) is 0 Å². The highest BCUT2D eigenvalue weighted by molar-refractivity contribution is 7.85. The lowest BCUT2D eigenvalue weighted by molar-refractivity contribution is 0.482. The Labute approximate surface area is 90.1 Å². The Bertz CT molecular complexity index is 414. The molecule has 0 amide bonds. The maximum atomic E-state index is 10.6. The molecule has 0 saturated heterocycles. The Morgan fingerprint density at radius 1 is 1.27 bits per heavy atom. The van der Waals surface area contributed by atoms with Crippen LogP contribution in [0, 0.1) is 0 Å². The molecule has 0 bridgehead atoms. The van der Waals surface area contributed by atoms with Crippen LogP contribution in [0.2, 0.25) is 0 Å². The summed E-state index contributed by atoms with van der Waals surface area (Å²) in [6.07, 6.45) is 5.68. The van der Waals surface area contributed by atoms with Gasteiger partial charge in [-0.25, -0.2) is 0 Å². The van der Waals surface area contributed by atoms with Crippen LogP contribution in [0.3, 0.4) is 0 Å². The number of rotatable bonds is 5. The molecule has 0 spiro atoms. The summed E-state index contributed by atoms with van der Waals surface area (Å²) in [5.41, 5.74) is 1.95. The summed E-state index contributed by atoms with van der Waals surface area (Å²) in [7, 11) is -3.88. The summed E-state index contributed by atoms with van der Waals surface area (Å²) < 4.78 is 29.7. The lowest BCUT2D eigenvalue weighted by Gasteiger charge is -2.02. The maximum Gasteiger partial charge on any atom is 0.265 e. The fourth-order valence-corrected chi connectivity index (χ4v) is 1.84. The van der Waals surface area contributed by atoms with E-state index in [-0.39, 0.29) is 5.75 Å². The molecular formula is C10H15NO3S. The zero-order valence-electron chi connectivity index (χ0n) is 8.68. The Morgan fingerprint density at radius 3 is 2.40 bits per heavy atom. The van der Waals surface area contributed by atoms with Gasteiger partial charge in [0.25, 0.3) is 10.1 Å². The number of hydrogen-bond donors (Lipinski definition) is 1. The predicted molar refractivity (Wildman–Crippen MR) is 58.4 cm³/mol. The van der Waals surface area contributed by atoms with E-state index in [1.54, 1.807) is 12.4 Å². The van der Waals surface area contributed by atoms with Crippen LogP contribution in [0.25, 0.3) is 0 Å². The molecule has 15 heavy (non-hydrogen) atoms. The van der Waals surface area contributed by atoms with Crippen LogP contribution in [0.5, 0.6) is 0 Å². The van der Waals surface area contributed by atoms with E-state index < -0.39 is 10.1 Å². The first-order valence-electron chi connectivity index (χ1n) is 4.89. The largest absolute Gasteiger partial charge is 0.286 e. The van der Waals surface area contributed by atoms with Crippen molar-refractivity contribution in [1.29, 1.82) is 0 Å². The number of aryl methyl sites for hydroxylation is 2. The van der Waals surface area contributed by atoms with Gasteiger partial charge in [-0.05, 0) is 24.0 Å². The van der Waals surface area contributed by atoms with E-state index in [1.165, 1.54) is 0 Å². The van der Waals surface area contributed by atoms with Gasteiger partial charge >= 0.3 is 0 Å². The molecule has 1 rings (SSSR count). The Morgan fingerprint density at radius 2 is 1.87 bits per heavy atom. The highest BCUT2D eigenvalue weighted by atomic mass is 32.2. The third kappa shape index (κ3) is 4.90. The lowest BCUT2D eigenvalue weighted by Crippen LogP contribution is -2.07. The van der Waals surface area contributed by atoms with Crippen LogP contribution in [0.1, 0.15) is 24.5 Å². The number of pyridine rings is 1. The van der Waals surface area contributed by atoms with Crippen molar-refractivity contribution in [2.24, 2.45) is 0 Å². The van der Waals surface area contributed by atoms with E-state index in [4.69, 9.17) is 4.55 Å². The normalized spacial score (nSPS) is 11.6. The molecule has 1 heterocycles. The van der Waals surface area contributed by atoms with E-state index in [9.17, 15) is 8.42 Å². The quantitative estimate of drug-likeness (QED) is 0.776. The van der Waals surface area contributed by atoms with Crippen molar-refractivity contribution >= 4 is 10.1 Å². The zero-order chi connectivity index (χ0) is 11.3. The number of nitrogens with zero attached hydrogens (tertiary/aromatic N) is 1. The molecule has 0 unspecified atom stereocenters.